The highest BCUT2D eigenvalue weighted by Crippen LogP contribution is 1.81. The molecule has 74 valence electrons. The van der Waals surface area contributed by atoms with Gasteiger partial charge < -0.3 is 0 Å². The van der Waals surface area contributed by atoms with Crippen molar-refractivity contribution in [1.29, 1.82) is 0 Å². The zero-order valence-corrected chi connectivity index (χ0v) is 10.3. The third-order valence-electron chi connectivity index (χ3n) is 0. The summed E-state index contributed by atoms with van der Waals surface area (Å²) in [4.78, 5) is 0. The van der Waals surface area contributed by atoms with Crippen LogP contribution in [-0.2, 0) is 0 Å². The van der Waals surface area contributed by atoms with Crippen molar-refractivity contribution < 1.29 is 0 Å². The van der Waals surface area contributed by atoms with Crippen molar-refractivity contribution in [2.45, 2.75) is 68.7 Å². The van der Waals surface area contributed by atoms with E-state index in [1.54, 1.807) is 0 Å². The van der Waals surface area contributed by atoms with E-state index < -0.39 is 0 Å². The summed E-state index contributed by atoms with van der Waals surface area (Å²) in [6, 6.07) is 0. The van der Waals surface area contributed by atoms with Gasteiger partial charge in [-0.15, -0.1) is 0 Å². The van der Waals surface area contributed by atoms with Crippen molar-refractivity contribution in [3.8, 4) is 0 Å². The highest BCUT2D eigenvalue weighted by atomic mass is 13.7. The van der Waals surface area contributed by atoms with E-state index in [4.69, 9.17) is 0 Å². The van der Waals surface area contributed by atoms with Crippen molar-refractivity contribution in [3.63, 3.8) is 0 Å². The average Bonchev–Trinajstić information content (AvgIpc) is 1.96. The van der Waals surface area contributed by atoms with Crippen LogP contribution in [0, 0.1) is 5.92 Å². The van der Waals surface area contributed by atoms with Crippen molar-refractivity contribution >= 4 is 0 Å². The van der Waals surface area contributed by atoms with Gasteiger partial charge in [0, 0.05) is 0 Å². The molecule has 0 radical (unpaired) electrons. The highest BCUT2D eigenvalue weighted by molar-refractivity contribution is 4.20. The second kappa shape index (κ2) is 50.6. The number of hydrogen-bond donors (Lipinski definition) is 0. The first-order valence-electron chi connectivity index (χ1n) is 5.15. The van der Waals surface area contributed by atoms with E-state index in [0.717, 1.165) is 5.92 Å². The molecule has 0 heterocycles. The van der Waals surface area contributed by atoms with Crippen LogP contribution in [0.4, 0.5) is 0 Å². The van der Waals surface area contributed by atoms with E-state index in [-0.39, 0.29) is 0 Å². The fourth-order valence-corrected chi connectivity index (χ4v) is 0. The SMILES string of the molecule is CC.CC.CC(C)C.CCC. The van der Waals surface area contributed by atoms with E-state index in [9.17, 15) is 0 Å². The molecule has 0 aromatic rings. The molecule has 0 nitrogen and oxygen atoms in total. The van der Waals surface area contributed by atoms with E-state index >= 15 is 0 Å². The van der Waals surface area contributed by atoms with Crippen LogP contribution in [0.2, 0.25) is 0 Å². The average molecular weight is 162 g/mol. The predicted molar refractivity (Wildman–Crippen MR) is 59.2 cm³/mol. The summed E-state index contributed by atoms with van der Waals surface area (Å²) in [6.45, 7) is 18.8. The molecule has 0 aliphatic carbocycles. The quantitative estimate of drug-likeness (QED) is 0.463. The summed E-state index contributed by atoms with van der Waals surface area (Å²) in [5.74, 6) is 0.833. The minimum atomic E-state index is 0.833. The summed E-state index contributed by atoms with van der Waals surface area (Å²) < 4.78 is 0. The zero-order chi connectivity index (χ0) is 10.3. The molecule has 11 heavy (non-hydrogen) atoms. The zero-order valence-electron chi connectivity index (χ0n) is 10.3. The topological polar surface area (TPSA) is 0 Å². The van der Waals surface area contributed by atoms with Gasteiger partial charge in [-0.3, -0.25) is 0 Å². The third-order valence-corrected chi connectivity index (χ3v) is 0. The Balaban J connectivity index is -0.0000000315. The first kappa shape index (κ1) is 22.4. The summed E-state index contributed by atoms with van der Waals surface area (Å²) in [7, 11) is 0. The molecular formula is C11H30. The Bertz CT molecular complexity index is 11.2. The maximum atomic E-state index is 2.17. The maximum absolute atomic E-state index is 2.17. The Kier molecular flexibility index (Phi) is 103. The standard InChI is InChI=1S/C4H10.C3H8.2C2H6/c1-4(2)3;1-3-2;2*1-2/h4H,1-3H3;3H2,1-2H3;2*1-2H3. The first-order valence-corrected chi connectivity index (χ1v) is 5.15. The van der Waals surface area contributed by atoms with Gasteiger partial charge in [-0.2, -0.15) is 0 Å². The first-order chi connectivity index (χ1) is 5.15. The lowest BCUT2D eigenvalue weighted by Gasteiger charge is -1.79. The lowest BCUT2D eigenvalue weighted by atomic mass is 10.3. The lowest BCUT2D eigenvalue weighted by Crippen LogP contribution is -1.66. The molecule has 0 saturated heterocycles. The van der Waals surface area contributed by atoms with Crippen molar-refractivity contribution in [3.05, 3.63) is 0 Å². The van der Waals surface area contributed by atoms with Gasteiger partial charge >= 0.3 is 0 Å². The smallest absolute Gasteiger partial charge is 0.0500 e. The van der Waals surface area contributed by atoms with Crippen LogP contribution >= 0.6 is 0 Å². The second-order valence-corrected chi connectivity index (χ2v) is 2.44. The molecule has 0 unspecified atom stereocenters. The molecule has 0 spiro atoms. The Morgan fingerprint density at radius 1 is 0.727 bits per heavy atom. The van der Waals surface area contributed by atoms with Gasteiger partial charge in [0.2, 0.25) is 0 Å². The van der Waals surface area contributed by atoms with Crippen molar-refractivity contribution in [2.24, 2.45) is 5.92 Å². The van der Waals surface area contributed by atoms with E-state index in [2.05, 4.69) is 34.6 Å². The second-order valence-electron chi connectivity index (χ2n) is 2.44. The normalized spacial score (nSPS) is 6.00. The van der Waals surface area contributed by atoms with Gasteiger partial charge in [0.15, 0.2) is 0 Å². The van der Waals surface area contributed by atoms with Crippen LogP contribution in [0.25, 0.3) is 0 Å². The molecule has 0 amide bonds. The summed E-state index contributed by atoms with van der Waals surface area (Å²) in [5, 5.41) is 0. The summed E-state index contributed by atoms with van der Waals surface area (Å²) in [6.07, 6.45) is 1.25. The molecule has 0 aliphatic heterocycles. The van der Waals surface area contributed by atoms with Crippen LogP contribution in [0.15, 0.2) is 0 Å². The van der Waals surface area contributed by atoms with Gasteiger partial charge in [-0.05, 0) is 5.92 Å². The minimum absolute atomic E-state index is 0.833. The largest absolute Gasteiger partial charge is 0.0683 e. The molecule has 0 saturated carbocycles. The van der Waals surface area contributed by atoms with Gasteiger partial charge in [0.25, 0.3) is 0 Å². The summed E-state index contributed by atoms with van der Waals surface area (Å²) >= 11 is 0. The molecule has 0 heteroatoms. The highest BCUT2D eigenvalue weighted by Gasteiger charge is 1.68. The van der Waals surface area contributed by atoms with E-state index in [0.29, 0.717) is 0 Å². The lowest BCUT2D eigenvalue weighted by molar-refractivity contribution is 0.737. The number of hydrogen-bond acceptors (Lipinski definition) is 0. The molecule has 0 bridgehead atoms. The molecule has 0 rings (SSSR count). The van der Waals surface area contributed by atoms with Gasteiger partial charge in [-0.25, -0.2) is 0 Å². The van der Waals surface area contributed by atoms with E-state index in [1.165, 1.54) is 6.42 Å². The monoisotopic (exact) mass is 162 g/mol. The molecule has 0 atom stereocenters. The Morgan fingerprint density at radius 3 is 0.727 bits per heavy atom. The molecule has 0 aromatic carbocycles. The fraction of sp³-hybridized carbons (Fsp3) is 1.00. The molecule has 0 aliphatic rings. The Morgan fingerprint density at radius 2 is 0.727 bits per heavy atom. The van der Waals surface area contributed by atoms with Crippen LogP contribution in [0.3, 0.4) is 0 Å². The predicted octanol–water partition coefficient (Wildman–Crippen LogP) is 5.13. The van der Waals surface area contributed by atoms with Gasteiger partial charge in [-0.1, -0.05) is 68.7 Å². The minimum Gasteiger partial charge on any atom is -0.0683 e. The molecule has 0 fully saturated rings. The van der Waals surface area contributed by atoms with Crippen LogP contribution in [0.5, 0.6) is 0 Å². The third kappa shape index (κ3) is 0. The molecular weight excluding hydrogens is 132 g/mol. The van der Waals surface area contributed by atoms with Gasteiger partial charge in [0.1, 0.15) is 0 Å². The molecule has 0 N–H and O–H groups in total. The maximum Gasteiger partial charge on any atom is -0.0500 e. The van der Waals surface area contributed by atoms with E-state index in [1.807, 2.05) is 27.7 Å². The van der Waals surface area contributed by atoms with Crippen LogP contribution in [0.1, 0.15) is 68.7 Å². The van der Waals surface area contributed by atoms with Gasteiger partial charge in [0.05, 0.1) is 0 Å². The summed E-state index contributed by atoms with van der Waals surface area (Å²) in [5.41, 5.74) is 0. The Hall–Kier alpha value is 0. The van der Waals surface area contributed by atoms with Crippen LogP contribution < -0.4 is 0 Å². The Labute approximate surface area is 75.4 Å². The van der Waals surface area contributed by atoms with Crippen LogP contribution in [-0.4, -0.2) is 0 Å². The molecule has 0 aromatic heterocycles. The number of rotatable bonds is 0. The fourth-order valence-electron chi connectivity index (χ4n) is 0. The van der Waals surface area contributed by atoms with Crippen molar-refractivity contribution in [1.82, 2.24) is 0 Å². The van der Waals surface area contributed by atoms with Crippen molar-refractivity contribution in [2.75, 3.05) is 0 Å².